The highest BCUT2D eigenvalue weighted by atomic mass is 79.9. The van der Waals surface area contributed by atoms with Crippen LogP contribution in [0.2, 0.25) is 0 Å². The summed E-state index contributed by atoms with van der Waals surface area (Å²) in [6.07, 6.45) is 1.93. The van der Waals surface area contributed by atoms with Crippen LogP contribution in [0.25, 0.3) is 0 Å². The Morgan fingerprint density at radius 3 is 2.36 bits per heavy atom. The fourth-order valence-electron chi connectivity index (χ4n) is 1.17. The van der Waals surface area contributed by atoms with Crippen molar-refractivity contribution in [2.45, 2.75) is 13.8 Å². The van der Waals surface area contributed by atoms with Crippen molar-refractivity contribution in [2.75, 3.05) is 0 Å². The Balaban J connectivity index is 3.34. The summed E-state index contributed by atoms with van der Waals surface area (Å²) in [4.78, 5) is 11.1. The van der Waals surface area contributed by atoms with Gasteiger partial charge in [-0.3, -0.25) is 4.79 Å². The summed E-state index contributed by atoms with van der Waals surface area (Å²) in [5, 5.41) is 0. The number of aromatic nitrogens is 1. The van der Waals surface area contributed by atoms with Gasteiger partial charge < -0.3 is 4.57 Å². The number of hydrogen-bond acceptors (Lipinski definition) is 1. The number of rotatable bonds is 1. The summed E-state index contributed by atoms with van der Waals surface area (Å²) in [6, 6.07) is 0. The number of hydrogen-bond donors (Lipinski definition) is 0. The molecule has 0 saturated carbocycles. The summed E-state index contributed by atoms with van der Waals surface area (Å²) in [7, 11) is 1.91. The molecule has 0 unspecified atom stereocenters. The Morgan fingerprint density at radius 2 is 2.18 bits per heavy atom. The zero-order chi connectivity index (χ0) is 8.59. The maximum absolute atomic E-state index is 11.1. The zero-order valence-corrected chi connectivity index (χ0v) is 8.40. The minimum Gasteiger partial charge on any atom is -0.345 e. The highest BCUT2D eigenvalue weighted by molar-refractivity contribution is 9.10. The van der Waals surface area contributed by atoms with E-state index in [0.29, 0.717) is 0 Å². The van der Waals surface area contributed by atoms with E-state index in [4.69, 9.17) is 0 Å². The van der Waals surface area contributed by atoms with E-state index in [9.17, 15) is 4.79 Å². The first-order valence-electron chi connectivity index (χ1n) is 3.36. The van der Waals surface area contributed by atoms with E-state index in [1.807, 2.05) is 24.7 Å². The van der Waals surface area contributed by atoms with Gasteiger partial charge in [0.2, 0.25) is 0 Å². The lowest BCUT2D eigenvalue weighted by atomic mass is 10.2. The lowest BCUT2D eigenvalue weighted by molar-refractivity contribution is 0.101. The second kappa shape index (κ2) is 2.81. The van der Waals surface area contributed by atoms with Gasteiger partial charge in [0.15, 0.2) is 5.78 Å². The van der Waals surface area contributed by atoms with Crippen LogP contribution in [0.3, 0.4) is 0 Å². The zero-order valence-electron chi connectivity index (χ0n) is 6.81. The predicted octanol–water partition coefficient (Wildman–Crippen LogP) is 2.30. The van der Waals surface area contributed by atoms with E-state index in [1.54, 1.807) is 6.92 Å². The van der Waals surface area contributed by atoms with E-state index < -0.39 is 0 Å². The third kappa shape index (κ3) is 1.38. The molecule has 1 heterocycles. The Hall–Kier alpha value is -0.570. The molecule has 0 aromatic carbocycles. The van der Waals surface area contributed by atoms with E-state index in [0.717, 1.165) is 15.7 Å². The molecule has 0 aliphatic rings. The SMILES string of the molecule is CC(=O)c1c(C)cn(C)c1Br. The summed E-state index contributed by atoms with van der Waals surface area (Å²) in [5.41, 5.74) is 1.80. The van der Waals surface area contributed by atoms with Gasteiger partial charge in [0.1, 0.15) is 0 Å². The van der Waals surface area contributed by atoms with Gasteiger partial charge in [-0.1, -0.05) is 0 Å². The van der Waals surface area contributed by atoms with E-state index >= 15 is 0 Å². The van der Waals surface area contributed by atoms with Crippen LogP contribution in [0.5, 0.6) is 0 Å². The first-order valence-corrected chi connectivity index (χ1v) is 4.15. The van der Waals surface area contributed by atoms with Gasteiger partial charge in [0.25, 0.3) is 0 Å². The van der Waals surface area contributed by atoms with Crippen LogP contribution in [-0.4, -0.2) is 10.4 Å². The van der Waals surface area contributed by atoms with Crippen LogP contribution in [0.15, 0.2) is 10.8 Å². The van der Waals surface area contributed by atoms with Gasteiger partial charge in [-0.25, -0.2) is 0 Å². The molecule has 11 heavy (non-hydrogen) atoms. The van der Waals surface area contributed by atoms with Crippen molar-refractivity contribution in [3.05, 3.63) is 21.9 Å². The number of halogens is 1. The van der Waals surface area contributed by atoms with Crippen LogP contribution in [0.1, 0.15) is 22.8 Å². The summed E-state index contributed by atoms with van der Waals surface area (Å²) < 4.78 is 2.76. The fourth-order valence-corrected chi connectivity index (χ4v) is 1.87. The Bertz CT molecular complexity index is 301. The maximum atomic E-state index is 11.1. The van der Waals surface area contributed by atoms with Crippen molar-refractivity contribution in [3.63, 3.8) is 0 Å². The quantitative estimate of drug-likeness (QED) is 0.660. The largest absolute Gasteiger partial charge is 0.345 e. The van der Waals surface area contributed by atoms with Gasteiger partial charge in [-0.05, 0) is 35.3 Å². The van der Waals surface area contributed by atoms with Gasteiger partial charge in [0.05, 0.1) is 10.2 Å². The predicted molar refractivity (Wildman–Crippen MR) is 47.9 cm³/mol. The van der Waals surface area contributed by atoms with Gasteiger partial charge in [0, 0.05) is 13.2 Å². The molecule has 1 rings (SSSR count). The fraction of sp³-hybridized carbons (Fsp3) is 0.375. The third-order valence-corrected chi connectivity index (χ3v) is 2.61. The molecular formula is C8H10BrNO. The number of aryl methyl sites for hydroxylation is 2. The third-order valence-electron chi connectivity index (χ3n) is 1.65. The van der Waals surface area contributed by atoms with Crippen molar-refractivity contribution in [2.24, 2.45) is 7.05 Å². The molecule has 0 bridgehead atoms. The lowest BCUT2D eigenvalue weighted by Crippen LogP contribution is -1.94. The van der Waals surface area contributed by atoms with E-state index in [-0.39, 0.29) is 5.78 Å². The van der Waals surface area contributed by atoms with Crippen LogP contribution >= 0.6 is 15.9 Å². The average molecular weight is 216 g/mol. The highest BCUT2D eigenvalue weighted by Gasteiger charge is 2.11. The van der Waals surface area contributed by atoms with Crippen LogP contribution < -0.4 is 0 Å². The maximum Gasteiger partial charge on any atom is 0.162 e. The normalized spacial score (nSPS) is 10.2. The number of ketones is 1. The monoisotopic (exact) mass is 215 g/mol. The van der Waals surface area contributed by atoms with Crippen LogP contribution in [0.4, 0.5) is 0 Å². The molecule has 0 N–H and O–H groups in total. The number of carbonyl (C=O) groups excluding carboxylic acids is 1. The Morgan fingerprint density at radius 1 is 1.64 bits per heavy atom. The highest BCUT2D eigenvalue weighted by Crippen LogP contribution is 2.21. The summed E-state index contributed by atoms with van der Waals surface area (Å²) in [6.45, 7) is 3.51. The molecule has 0 atom stereocenters. The molecule has 0 saturated heterocycles. The molecule has 0 amide bonds. The molecule has 1 aromatic rings. The molecule has 1 aromatic heterocycles. The lowest BCUT2D eigenvalue weighted by Gasteiger charge is -1.94. The molecule has 0 aliphatic heterocycles. The summed E-state index contributed by atoms with van der Waals surface area (Å²) in [5.74, 6) is 0.106. The van der Waals surface area contributed by atoms with Gasteiger partial charge in [-0.15, -0.1) is 0 Å². The number of Topliss-reactive ketones (excluding diaryl/α,β-unsaturated/α-hetero) is 1. The molecule has 0 aliphatic carbocycles. The van der Waals surface area contributed by atoms with Crippen LogP contribution in [-0.2, 0) is 7.05 Å². The van der Waals surface area contributed by atoms with Gasteiger partial charge >= 0.3 is 0 Å². The average Bonchev–Trinajstić information content (AvgIpc) is 2.07. The molecule has 0 fully saturated rings. The Kier molecular flexibility index (Phi) is 2.18. The smallest absolute Gasteiger partial charge is 0.162 e. The van der Waals surface area contributed by atoms with Crippen LogP contribution in [0, 0.1) is 6.92 Å². The topological polar surface area (TPSA) is 22.0 Å². The molecule has 0 spiro atoms. The standard InChI is InChI=1S/C8H10BrNO/c1-5-4-10(3)8(9)7(5)6(2)11/h4H,1-3H3. The van der Waals surface area contributed by atoms with Crippen molar-refractivity contribution in [1.29, 1.82) is 0 Å². The second-order valence-corrected chi connectivity index (χ2v) is 3.40. The number of carbonyl (C=O) groups is 1. The summed E-state index contributed by atoms with van der Waals surface area (Å²) >= 11 is 3.34. The second-order valence-electron chi connectivity index (χ2n) is 2.65. The molecule has 0 radical (unpaired) electrons. The molecule has 2 nitrogen and oxygen atoms in total. The van der Waals surface area contributed by atoms with E-state index in [2.05, 4.69) is 15.9 Å². The van der Waals surface area contributed by atoms with Crippen molar-refractivity contribution in [3.8, 4) is 0 Å². The molecule has 3 heteroatoms. The van der Waals surface area contributed by atoms with Gasteiger partial charge in [-0.2, -0.15) is 0 Å². The molecule has 60 valence electrons. The van der Waals surface area contributed by atoms with Crippen molar-refractivity contribution >= 4 is 21.7 Å². The first kappa shape index (κ1) is 8.53. The van der Waals surface area contributed by atoms with Crippen molar-refractivity contribution < 1.29 is 4.79 Å². The minimum absolute atomic E-state index is 0.106. The molecular weight excluding hydrogens is 206 g/mol. The van der Waals surface area contributed by atoms with E-state index in [1.165, 1.54) is 0 Å². The minimum atomic E-state index is 0.106. The first-order chi connectivity index (χ1) is 5.04. The van der Waals surface area contributed by atoms with Crippen molar-refractivity contribution in [1.82, 2.24) is 4.57 Å². The number of nitrogens with zero attached hydrogens (tertiary/aromatic N) is 1. The Labute approximate surface area is 74.3 Å².